The van der Waals surface area contributed by atoms with Crippen LogP contribution in [0.4, 0.5) is 11.4 Å². The Morgan fingerprint density at radius 1 is 0.489 bits per heavy atom. The SMILES string of the molecule is O=C(O)CN(CCN(CC(=O)O)CC(=O)Nc1ccc(B(O)O)cc1)CCN(CC(=O)O)CC(=O)Nc1ccc(B(O)O)cc1. The van der Waals surface area contributed by atoms with Crippen molar-refractivity contribution in [2.24, 2.45) is 0 Å². The van der Waals surface area contributed by atoms with E-state index in [0.29, 0.717) is 11.4 Å². The number of anilines is 2. The van der Waals surface area contributed by atoms with Crippen LogP contribution in [0.15, 0.2) is 48.5 Å². The van der Waals surface area contributed by atoms with E-state index in [1.54, 1.807) is 0 Å². The molecule has 0 fully saturated rings. The molecule has 0 radical (unpaired) electrons. The summed E-state index contributed by atoms with van der Waals surface area (Å²) in [5.74, 6) is -4.80. The number of aliphatic carboxylic acids is 3. The van der Waals surface area contributed by atoms with Gasteiger partial charge in [0.1, 0.15) is 0 Å². The molecular weight excluding hydrogens is 596 g/mol. The molecule has 2 aromatic rings. The number of nitrogens with one attached hydrogen (secondary N) is 2. The molecule has 0 aliphatic carbocycles. The van der Waals surface area contributed by atoms with Gasteiger partial charge in [-0.3, -0.25) is 38.7 Å². The number of rotatable bonds is 20. The van der Waals surface area contributed by atoms with Crippen LogP contribution in [0, 0.1) is 0 Å². The Kier molecular flexibility index (Phi) is 15.1. The van der Waals surface area contributed by atoms with Crippen LogP contribution in [0.5, 0.6) is 0 Å². The molecule has 0 bridgehead atoms. The number of carboxylic acid groups (broad SMARTS) is 3. The summed E-state index contributed by atoms with van der Waals surface area (Å²) in [7, 11) is -3.37. The van der Waals surface area contributed by atoms with Crippen LogP contribution in [-0.4, -0.2) is 153 Å². The van der Waals surface area contributed by atoms with Gasteiger partial charge in [0, 0.05) is 37.6 Å². The van der Waals surface area contributed by atoms with E-state index in [2.05, 4.69) is 10.6 Å². The first-order chi connectivity index (χ1) is 21.2. The van der Waals surface area contributed by atoms with Gasteiger partial charge in [-0.1, -0.05) is 24.3 Å². The number of amides is 2. The maximum absolute atomic E-state index is 12.6. The fourth-order valence-electron chi connectivity index (χ4n) is 4.12. The smallest absolute Gasteiger partial charge is 0.480 e. The second-order valence-corrected chi connectivity index (χ2v) is 9.97. The van der Waals surface area contributed by atoms with Crippen LogP contribution in [0.1, 0.15) is 0 Å². The Bertz CT molecular complexity index is 1210. The topological polar surface area (TPSA) is 261 Å². The summed E-state index contributed by atoms with van der Waals surface area (Å²) in [4.78, 5) is 63.5. The molecule has 0 aliphatic rings. The second kappa shape index (κ2) is 18.4. The summed E-state index contributed by atoms with van der Waals surface area (Å²) >= 11 is 0. The molecule has 19 heteroatoms. The van der Waals surface area contributed by atoms with Crippen molar-refractivity contribution in [3.63, 3.8) is 0 Å². The lowest BCUT2D eigenvalue weighted by Crippen LogP contribution is -2.46. The molecule has 242 valence electrons. The minimum atomic E-state index is -1.68. The molecule has 0 heterocycles. The zero-order valence-electron chi connectivity index (χ0n) is 24.2. The summed E-state index contributed by atoms with van der Waals surface area (Å²) in [6.45, 7) is -2.37. The first kappa shape index (κ1) is 36.8. The third-order valence-electron chi connectivity index (χ3n) is 6.26. The van der Waals surface area contributed by atoms with E-state index in [1.807, 2.05) is 0 Å². The van der Waals surface area contributed by atoms with Crippen molar-refractivity contribution in [1.82, 2.24) is 14.7 Å². The maximum atomic E-state index is 12.6. The molecule has 0 unspecified atom stereocenters. The molecule has 0 aliphatic heterocycles. The minimum absolute atomic E-state index is 0.00783. The third kappa shape index (κ3) is 14.8. The van der Waals surface area contributed by atoms with Crippen LogP contribution in [0.25, 0.3) is 0 Å². The van der Waals surface area contributed by atoms with Gasteiger partial charge in [-0.25, -0.2) is 0 Å². The first-order valence-electron chi connectivity index (χ1n) is 13.6. The van der Waals surface area contributed by atoms with Gasteiger partial charge in [0.2, 0.25) is 11.8 Å². The Morgan fingerprint density at radius 2 is 0.778 bits per heavy atom. The number of nitrogens with zero attached hydrogens (tertiary/aromatic N) is 3. The van der Waals surface area contributed by atoms with E-state index in [9.17, 15) is 59.4 Å². The predicted octanol–water partition coefficient (Wildman–Crippen LogP) is -4.22. The number of benzene rings is 2. The Balaban J connectivity index is 1.99. The van der Waals surface area contributed by atoms with Crippen molar-refractivity contribution < 1.29 is 59.4 Å². The number of carboxylic acids is 3. The van der Waals surface area contributed by atoms with Gasteiger partial charge in [-0.05, 0) is 35.2 Å². The van der Waals surface area contributed by atoms with Crippen molar-refractivity contribution in [2.45, 2.75) is 0 Å². The standard InChI is InChI=1S/C26H35B2N5O12/c34-22(29-20-5-1-18(2-6-20)27(42)43)13-32(16-25(38)39)11-9-31(15-24(36)37)10-12-33(17-26(40)41)14-23(35)30-21-7-3-19(4-8-21)28(44)45/h1-8,42-45H,9-17H2,(H,29,34)(H,30,35)(H,36,37)(H,38,39)(H,40,41). The lowest BCUT2D eigenvalue weighted by Gasteiger charge is -2.28. The molecule has 0 spiro atoms. The largest absolute Gasteiger partial charge is 0.488 e. The first-order valence-corrected chi connectivity index (χ1v) is 13.6. The lowest BCUT2D eigenvalue weighted by atomic mass is 9.80. The third-order valence-corrected chi connectivity index (χ3v) is 6.26. The van der Waals surface area contributed by atoms with E-state index in [-0.39, 0.29) is 50.2 Å². The summed E-state index contributed by atoms with van der Waals surface area (Å²) in [6, 6.07) is 11.3. The molecule has 0 aromatic heterocycles. The van der Waals surface area contributed by atoms with Gasteiger partial charge in [0.05, 0.1) is 32.7 Å². The molecule has 9 N–H and O–H groups in total. The van der Waals surface area contributed by atoms with Gasteiger partial charge in [-0.2, -0.15) is 0 Å². The summed E-state index contributed by atoms with van der Waals surface area (Å²) in [6.07, 6.45) is 0. The summed E-state index contributed by atoms with van der Waals surface area (Å²) in [5.41, 5.74) is 1.07. The fraction of sp³-hybridized carbons (Fsp3) is 0.346. The van der Waals surface area contributed by atoms with Gasteiger partial charge in [0.15, 0.2) is 0 Å². The number of carbonyl (C=O) groups is 5. The van der Waals surface area contributed by atoms with Crippen molar-refractivity contribution in [1.29, 1.82) is 0 Å². The monoisotopic (exact) mass is 631 g/mol. The minimum Gasteiger partial charge on any atom is -0.480 e. The highest BCUT2D eigenvalue weighted by Gasteiger charge is 2.20. The second-order valence-electron chi connectivity index (χ2n) is 9.97. The van der Waals surface area contributed by atoms with Crippen LogP contribution < -0.4 is 21.6 Å². The Morgan fingerprint density at radius 3 is 1.07 bits per heavy atom. The number of carbonyl (C=O) groups excluding carboxylic acids is 2. The molecule has 2 rings (SSSR count). The molecular formula is C26H35B2N5O12. The average Bonchev–Trinajstić information content (AvgIpc) is 2.93. The van der Waals surface area contributed by atoms with Crippen molar-refractivity contribution in [3.05, 3.63) is 48.5 Å². The highest BCUT2D eigenvalue weighted by Crippen LogP contribution is 2.06. The maximum Gasteiger partial charge on any atom is 0.488 e. The van der Waals surface area contributed by atoms with E-state index >= 15 is 0 Å². The Hall–Kier alpha value is -4.36. The van der Waals surface area contributed by atoms with E-state index in [4.69, 9.17) is 0 Å². The quantitative estimate of drug-likeness (QED) is 0.0628. The Labute approximate surface area is 258 Å². The zero-order valence-corrected chi connectivity index (χ0v) is 24.2. The van der Waals surface area contributed by atoms with Crippen LogP contribution >= 0.6 is 0 Å². The normalized spacial score (nSPS) is 11.0. The van der Waals surface area contributed by atoms with E-state index in [1.165, 1.54) is 63.2 Å². The van der Waals surface area contributed by atoms with Gasteiger partial charge in [0.25, 0.3) is 0 Å². The molecule has 0 saturated carbocycles. The molecule has 2 aromatic carbocycles. The molecule has 2 amide bonds. The zero-order chi connectivity index (χ0) is 33.5. The number of hydrogen-bond donors (Lipinski definition) is 9. The fourth-order valence-corrected chi connectivity index (χ4v) is 4.12. The van der Waals surface area contributed by atoms with Crippen molar-refractivity contribution in [2.75, 3.05) is 69.5 Å². The highest BCUT2D eigenvalue weighted by molar-refractivity contribution is 6.59. The highest BCUT2D eigenvalue weighted by atomic mass is 16.4. The molecule has 0 saturated heterocycles. The predicted molar refractivity (Wildman–Crippen MR) is 162 cm³/mol. The number of hydrogen-bond acceptors (Lipinski definition) is 12. The molecule has 0 atom stereocenters. The summed E-state index contributed by atoms with van der Waals surface area (Å²) < 4.78 is 0. The van der Waals surface area contributed by atoms with Crippen LogP contribution in [0.2, 0.25) is 0 Å². The lowest BCUT2D eigenvalue weighted by molar-refractivity contribution is -0.140. The van der Waals surface area contributed by atoms with Crippen molar-refractivity contribution in [3.8, 4) is 0 Å². The van der Waals surface area contributed by atoms with Gasteiger partial charge in [-0.15, -0.1) is 0 Å². The molecule has 45 heavy (non-hydrogen) atoms. The van der Waals surface area contributed by atoms with Crippen LogP contribution in [-0.2, 0) is 24.0 Å². The van der Waals surface area contributed by atoms with Gasteiger partial charge < -0.3 is 46.0 Å². The summed E-state index contributed by atoms with van der Waals surface area (Å²) in [5, 5.41) is 69.9. The van der Waals surface area contributed by atoms with Gasteiger partial charge >= 0.3 is 32.1 Å². The van der Waals surface area contributed by atoms with E-state index < -0.39 is 63.6 Å². The molecule has 17 nitrogen and oxygen atoms in total. The van der Waals surface area contributed by atoms with E-state index in [0.717, 1.165) is 0 Å². The van der Waals surface area contributed by atoms with Crippen molar-refractivity contribution >= 4 is 66.3 Å². The average molecular weight is 631 g/mol. The van der Waals surface area contributed by atoms with Crippen LogP contribution in [0.3, 0.4) is 0 Å².